The van der Waals surface area contributed by atoms with E-state index in [2.05, 4.69) is 59.1 Å². The van der Waals surface area contributed by atoms with Gasteiger partial charge in [0.1, 0.15) is 0 Å². The SMILES string of the molecule is COc1ccc(CCN(C)[C@H]2CCCN(Cc3cc(C(C)C)n[nH]3)C2)cc1OC. The molecule has 1 saturated heterocycles. The van der Waals surface area contributed by atoms with Crippen LogP contribution in [0.15, 0.2) is 24.3 Å². The molecular weight excluding hydrogens is 364 g/mol. The minimum atomic E-state index is 0.469. The van der Waals surface area contributed by atoms with Crippen LogP contribution in [0, 0.1) is 0 Å². The molecule has 1 atom stereocenters. The molecule has 0 radical (unpaired) electrons. The maximum atomic E-state index is 5.43. The number of aromatic amines is 1. The molecule has 0 aliphatic carbocycles. The van der Waals surface area contributed by atoms with E-state index in [1.807, 2.05) is 6.07 Å². The maximum Gasteiger partial charge on any atom is 0.160 e. The van der Waals surface area contributed by atoms with Gasteiger partial charge in [-0.15, -0.1) is 0 Å². The summed E-state index contributed by atoms with van der Waals surface area (Å²) in [5.74, 6) is 2.06. The van der Waals surface area contributed by atoms with Crippen LogP contribution in [0.5, 0.6) is 11.5 Å². The van der Waals surface area contributed by atoms with Gasteiger partial charge in [-0.1, -0.05) is 19.9 Å². The van der Waals surface area contributed by atoms with E-state index in [0.717, 1.165) is 49.8 Å². The van der Waals surface area contributed by atoms with Crippen molar-refractivity contribution < 1.29 is 9.47 Å². The van der Waals surface area contributed by atoms with Crippen molar-refractivity contribution in [2.75, 3.05) is 40.9 Å². The second-order valence-corrected chi connectivity index (χ2v) is 8.42. The van der Waals surface area contributed by atoms with E-state index in [9.17, 15) is 0 Å². The Bertz CT molecular complexity index is 774. The number of H-pyrrole nitrogens is 1. The lowest BCUT2D eigenvalue weighted by molar-refractivity contribution is 0.111. The number of methoxy groups -OCH3 is 2. The minimum absolute atomic E-state index is 0.469. The molecule has 6 heteroatoms. The molecule has 6 nitrogen and oxygen atoms in total. The van der Waals surface area contributed by atoms with Gasteiger partial charge in [0, 0.05) is 31.4 Å². The first-order valence-corrected chi connectivity index (χ1v) is 10.7. The number of hydrogen-bond donors (Lipinski definition) is 1. The fourth-order valence-corrected chi connectivity index (χ4v) is 4.06. The molecule has 0 amide bonds. The lowest BCUT2D eigenvalue weighted by atomic mass is 10.0. The molecule has 3 rings (SSSR count). The number of rotatable bonds is 9. The summed E-state index contributed by atoms with van der Waals surface area (Å²) in [5.41, 5.74) is 3.66. The fourth-order valence-electron chi connectivity index (χ4n) is 4.06. The normalized spacial score (nSPS) is 17.8. The summed E-state index contributed by atoms with van der Waals surface area (Å²) < 4.78 is 10.8. The molecule has 2 aromatic rings. The number of ether oxygens (including phenoxy) is 2. The van der Waals surface area contributed by atoms with Crippen LogP contribution in [0.3, 0.4) is 0 Å². The highest BCUT2D eigenvalue weighted by Gasteiger charge is 2.23. The summed E-state index contributed by atoms with van der Waals surface area (Å²) in [6.45, 7) is 8.64. The summed E-state index contributed by atoms with van der Waals surface area (Å²) in [7, 11) is 5.61. The van der Waals surface area contributed by atoms with Gasteiger partial charge in [0.25, 0.3) is 0 Å². The molecular formula is C23H36N4O2. The number of benzene rings is 1. The van der Waals surface area contributed by atoms with Gasteiger partial charge >= 0.3 is 0 Å². The molecule has 1 aromatic carbocycles. The summed E-state index contributed by atoms with van der Waals surface area (Å²) >= 11 is 0. The third-order valence-electron chi connectivity index (χ3n) is 5.94. The lowest BCUT2D eigenvalue weighted by Gasteiger charge is -2.37. The second kappa shape index (κ2) is 10.1. The number of likely N-dealkylation sites (tertiary alicyclic amines) is 1. The number of piperidine rings is 1. The largest absolute Gasteiger partial charge is 0.493 e. The number of nitrogens with zero attached hydrogens (tertiary/aromatic N) is 3. The van der Waals surface area contributed by atoms with Gasteiger partial charge < -0.3 is 14.4 Å². The van der Waals surface area contributed by atoms with E-state index in [-0.39, 0.29) is 0 Å². The van der Waals surface area contributed by atoms with Crippen LogP contribution in [0.1, 0.15) is 49.6 Å². The van der Waals surface area contributed by atoms with Crippen molar-refractivity contribution >= 4 is 0 Å². The van der Waals surface area contributed by atoms with E-state index < -0.39 is 0 Å². The fraction of sp³-hybridized carbons (Fsp3) is 0.609. The minimum Gasteiger partial charge on any atom is -0.493 e. The van der Waals surface area contributed by atoms with Crippen molar-refractivity contribution in [2.45, 2.75) is 51.6 Å². The first-order valence-electron chi connectivity index (χ1n) is 10.7. The van der Waals surface area contributed by atoms with Crippen LogP contribution < -0.4 is 9.47 Å². The van der Waals surface area contributed by atoms with E-state index >= 15 is 0 Å². The average molecular weight is 401 g/mol. The van der Waals surface area contributed by atoms with Crippen LogP contribution in [0.4, 0.5) is 0 Å². The Morgan fingerprint density at radius 1 is 1.21 bits per heavy atom. The number of likely N-dealkylation sites (N-methyl/N-ethyl adjacent to an activating group) is 1. The van der Waals surface area contributed by atoms with Crippen molar-refractivity contribution in [3.8, 4) is 11.5 Å². The van der Waals surface area contributed by atoms with E-state index in [0.29, 0.717) is 12.0 Å². The molecule has 1 aliphatic heterocycles. The number of nitrogens with one attached hydrogen (secondary N) is 1. The zero-order chi connectivity index (χ0) is 20.8. The number of hydrogen-bond acceptors (Lipinski definition) is 5. The van der Waals surface area contributed by atoms with Gasteiger partial charge in [-0.05, 0) is 62.5 Å². The Hall–Kier alpha value is -2.05. The highest BCUT2D eigenvalue weighted by Crippen LogP contribution is 2.28. The first kappa shape index (κ1) is 21.7. The molecule has 0 bridgehead atoms. The lowest BCUT2D eigenvalue weighted by Crippen LogP contribution is -2.46. The van der Waals surface area contributed by atoms with Crippen LogP contribution in [0.25, 0.3) is 0 Å². The van der Waals surface area contributed by atoms with Gasteiger partial charge in [0.15, 0.2) is 11.5 Å². The van der Waals surface area contributed by atoms with E-state index in [4.69, 9.17) is 9.47 Å². The predicted octanol–water partition coefficient (Wildman–Crippen LogP) is 3.69. The Morgan fingerprint density at radius 2 is 2.00 bits per heavy atom. The van der Waals surface area contributed by atoms with Crippen LogP contribution in [0.2, 0.25) is 0 Å². The van der Waals surface area contributed by atoms with E-state index in [1.54, 1.807) is 14.2 Å². The Labute approximate surface area is 175 Å². The van der Waals surface area contributed by atoms with Gasteiger partial charge in [-0.25, -0.2) is 0 Å². The summed E-state index contributed by atoms with van der Waals surface area (Å²) in [4.78, 5) is 5.06. The molecule has 0 saturated carbocycles. The van der Waals surface area contributed by atoms with E-state index in [1.165, 1.54) is 24.1 Å². The molecule has 1 N–H and O–H groups in total. The molecule has 1 fully saturated rings. The quantitative estimate of drug-likeness (QED) is 0.696. The Morgan fingerprint density at radius 3 is 2.69 bits per heavy atom. The third kappa shape index (κ3) is 5.73. The molecule has 160 valence electrons. The smallest absolute Gasteiger partial charge is 0.160 e. The zero-order valence-electron chi connectivity index (χ0n) is 18.6. The first-order chi connectivity index (χ1) is 14.0. The Kier molecular flexibility index (Phi) is 7.56. The molecule has 2 heterocycles. The van der Waals surface area contributed by atoms with Crippen LogP contribution in [-0.4, -0.2) is 66.9 Å². The standard InChI is InChI=1S/C23H36N4O2/c1-17(2)21-14-19(24-25-21)15-27-11-6-7-20(16-27)26(3)12-10-18-8-9-22(28-4)23(13-18)29-5/h8-9,13-14,17,20H,6-7,10-12,15-16H2,1-5H3,(H,24,25)/t20-/m0/s1. The molecule has 1 aliphatic rings. The summed E-state index contributed by atoms with van der Waals surface area (Å²) in [5, 5.41) is 7.66. The average Bonchev–Trinajstić information content (AvgIpc) is 3.20. The zero-order valence-corrected chi connectivity index (χ0v) is 18.6. The molecule has 1 aromatic heterocycles. The highest BCUT2D eigenvalue weighted by atomic mass is 16.5. The summed E-state index contributed by atoms with van der Waals surface area (Å²) in [6, 6.07) is 9.02. The molecule has 0 unspecified atom stereocenters. The van der Waals surface area contributed by atoms with Crippen LogP contribution >= 0.6 is 0 Å². The molecule has 29 heavy (non-hydrogen) atoms. The molecule has 0 spiro atoms. The van der Waals surface area contributed by atoms with Crippen molar-refractivity contribution in [1.29, 1.82) is 0 Å². The van der Waals surface area contributed by atoms with Gasteiger partial charge in [-0.3, -0.25) is 10.00 Å². The monoisotopic (exact) mass is 400 g/mol. The van der Waals surface area contributed by atoms with Crippen molar-refractivity contribution in [1.82, 2.24) is 20.0 Å². The summed E-state index contributed by atoms with van der Waals surface area (Å²) in [6.07, 6.45) is 3.52. The van der Waals surface area contributed by atoms with Gasteiger partial charge in [-0.2, -0.15) is 5.10 Å². The predicted molar refractivity (Wildman–Crippen MR) is 117 cm³/mol. The topological polar surface area (TPSA) is 53.6 Å². The maximum absolute atomic E-state index is 5.43. The van der Waals surface area contributed by atoms with Crippen molar-refractivity contribution in [3.05, 3.63) is 41.2 Å². The third-order valence-corrected chi connectivity index (χ3v) is 5.94. The van der Waals surface area contributed by atoms with Crippen molar-refractivity contribution in [2.24, 2.45) is 0 Å². The van der Waals surface area contributed by atoms with Gasteiger partial charge in [0.2, 0.25) is 0 Å². The second-order valence-electron chi connectivity index (χ2n) is 8.42. The highest BCUT2D eigenvalue weighted by molar-refractivity contribution is 5.42. The number of aromatic nitrogens is 2. The van der Waals surface area contributed by atoms with Gasteiger partial charge in [0.05, 0.1) is 19.9 Å². The van der Waals surface area contributed by atoms with Crippen LogP contribution in [-0.2, 0) is 13.0 Å². The Balaban J connectivity index is 1.52. The van der Waals surface area contributed by atoms with Crippen molar-refractivity contribution in [3.63, 3.8) is 0 Å².